The molecule has 1 amide bonds. The Labute approximate surface area is 134 Å². The summed E-state index contributed by atoms with van der Waals surface area (Å²) in [4.78, 5) is 37.9. The SMILES string of the molecule is CSc1nnc(NC(=O)CCc2c(C)[nH]c(=O)n(C)c2=O)s1. The average molecular weight is 341 g/mol. The topological polar surface area (TPSA) is 110 Å². The number of carbonyl (C=O) groups is 1. The van der Waals surface area contributed by atoms with Crippen molar-refractivity contribution in [1.29, 1.82) is 0 Å². The van der Waals surface area contributed by atoms with Gasteiger partial charge >= 0.3 is 5.69 Å². The highest BCUT2D eigenvalue weighted by atomic mass is 32.2. The van der Waals surface area contributed by atoms with Crippen LogP contribution in [0.15, 0.2) is 13.9 Å². The van der Waals surface area contributed by atoms with Gasteiger partial charge in [-0.15, -0.1) is 10.2 Å². The molecule has 0 aliphatic heterocycles. The number of nitrogens with one attached hydrogen (secondary N) is 2. The van der Waals surface area contributed by atoms with Crippen molar-refractivity contribution in [2.45, 2.75) is 24.1 Å². The maximum Gasteiger partial charge on any atom is 0.328 e. The smallest absolute Gasteiger partial charge is 0.311 e. The van der Waals surface area contributed by atoms with Crippen LogP contribution in [0, 0.1) is 6.92 Å². The molecule has 0 bridgehead atoms. The van der Waals surface area contributed by atoms with Crippen LogP contribution >= 0.6 is 23.1 Å². The molecule has 118 valence electrons. The Morgan fingerprint density at radius 2 is 2.14 bits per heavy atom. The summed E-state index contributed by atoms with van der Waals surface area (Å²) in [6.45, 7) is 1.64. The lowest BCUT2D eigenvalue weighted by Gasteiger charge is -2.06. The minimum Gasteiger partial charge on any atom is -0.311 e. The van der Waals surface area contributed by atoms with Gasteiger partial charge in [-0.25, -0.2) is 4.79 Å². The van der Waals surface area contributed by atoms with Crippen molar-refractivity contribution >= 4 is 34.1 Å². The molecule has 10 heteroatoms. The lowest BCUT2D eigenvalue weighted by molar-refractivity contribution is -0.116. The Hall–Kier alpha value is -1.94. The van der Waals surface area contributed by atoms with Crippen molar-refractivity contribution in [3.8, 4) is 0 Å². The highest BCUT2D eigenvalue weighted by molar-refractivity contribution is 8.00. The number of H-pyrrole nitrogens is 1. The molecule has 22 heavy (non-hydrogen) atoms. The third-order valence-corrected chi connectivity index (χ3v) is 4.86. The Kier molecular flexibility index (Phi) is 5.14. The van der Waals surface area contributed by atoms with E-state index in [0.717, 1.165) is 8.91 Å². The fourth-order valence-corrected chi connectivity index (χ4v) is 3.02. The molecule has 8 nitrogen and oxygen atoms in total. The van der Waals surface area contributed by atoms with Crippen molar-refractivity contribution in [2.24, 2.45) is 7.05 Å². The first-order chi connectivity index (χ1) is 10.4. The summed E-state index contributed by atoms with van der Waals surface area (Å²) < 4.78 is 1.76. The molecule has 2 aromatic heterocycles. The van der Waals surface area contributed by atoms with Crippen LogP contribution in [0.3, 0.4) is 0 Å². The lowest BCUT2D eigenvalue weighted by Crippen LogP contribution is -2.36. The Morgan fingerprint density at radius 3 is 2.77 bits per heavy atom. The molecule has 0 aromatic carbocycles. The first-order valence-corrected chi connectivity index (χ1v) is 8.42. The summed E-state index contributed by atoms with van der Waals surface area (Å²) in [7, 11) is 1.40. The molecule has 2 N–H and O–H groups in total. The fourth-order valence-electron chi connectivity index (χ4n) is 1.83. The zero-order chi connectivity index (χ0) is 16.3. The standard InChI is InChI=1S/C12H15N5O3S2/c1-6-7(9(19)17(2)11(20)13-6)4-5-8(18)14-10-15-16-12(21-3)22-10/h4-5H2,1-3H3,(H,13,20)(H,14,15,18). The van der Waals surface area contributed by atoms with Gasteiger partial charge in [-0.1, -0.05) is 23.1 Å². The number of hydrogen-bond donors (Lipinski definition) is 2. The van der Waals surface area contributed by atoms with Gasteiger partial charge in [0.05, 0.1) is 0 Å². The summed E-state index contributed by atoms with van der Waals surface area (Å²) in [6.07, 6.45) is 2.24. The predicted molar refractivity (Wildman–Crippen MR) is 85.7 cm³/mol. The van der Waals surface area contributed by atoms with Crippen LogP contribution in [0.2, 0.25) is 0 Å². The van der Waals surface area contributed by atoms with Crippen LogP contribution in [-0.4, -0.2) is 31.9 Å². The average Bonchev–Trinajstić information content (AvgIpc) is 2.92. The molecule has 0 aliphatic carbocycles. The molecule has 0 saturated heterocycles. The van der Waals surface area contributed by atoms with Crippen molar-refractivity contribution in [2.75, 3.05) is 11.6 Å². The number of amides is 1. The molecule has 0 radical (unpaired) electrons. The quantitative estimate of drug-likeness (QED) is 0.606. The number of thioether (sulfide) groups is 1. The molecular weight excluding hydrogens is 326 g/mol. The van der Waals surface area contributed by atoms with Gasteiger partial charge in [0.1, 0.15) is 0 Å². The normalized spacial score (nSPS) is 10.7. The van der Waals surface area contributed by atoms with E-state index < -0.39 is 5.69 Å². The molecule has 0 unspecified atom stereocenters. The number of aryl methyl sites for hydroxylation is 1. The second-order valence-electron chi connectivity index (χ2n) is 4.52. The van der Waals surface area contributed by atoms with Gasteiger partial charge in [-0.3, -0.25) is 14.2 Å². The molecule has 0 aliphatic rings. The lowest BCUT2D eigenvalue weighted by atomic mass is 10.1. The van der Waals surface area contributed by atoms with Crippen LogP contribution in [0.1, 0.15) is 17.7 Å². The van der Waals surface area contributed by atoms with Crippen LogP contribution in [-0.2, 0) is 18.3 Å². The molecule has 0 spiro atoms. The maximum absolute atomic E-state index is 12.0. The van der Waals surface area contributed by atoms with E-state index in [1.54, 1.807) is 6.92 Å². The Bertz CT molecular complexity index is 808. The zero-order valence-corrected chi connectivity index (χ0v) is 13.9. The monoisotopic (exact) mass is 341 g/mol. The molecule has 2 aromatic rings. The van der Waals surface area contributed by atoms with Crippen molar-refractivity contribution in [3.63, 3.8) is 0 Å². The summed E-state index contributed by atoms with van der Waals surface area (Å²) in [5.74, 6) is -0.253. The van der Waals surface area contributed by atoms with Crippen LogP contribution in [0.5, 0.6) is 0 Å². The van der Waals surface area contributed by atoms with E-state index in [1.807, 2.05) is 6.26 Å². The van der Waals surface area contributed by atoms with E-state index in [-0.39, 0.29) is 24.3 Å². The zero-order valence-electron chi connectivity index (χ0n) is 12.3. The summed E-state index contributed by atoms with van der Waals surface area (Å²) in [5, 5.41) is 10.8. The number of aromatic nitrogens is 4. The molecule has 0 saturated carbocycles. The van der Waals surface area contributed by atoms with Crippen molar-refractivity contribution in [1.82, 2.24) is 19.7 Å². The van der Waals surface area contributed by atoms with Crippen LogP contribution in [0.25, 0.3) is 0 Å². The summed E-state index contributed by atoms with van der Waals surface area (Å²) in [6, 6.07) is 0. The van der Waals surface area contributed by atoms with Crippen molar-refractivity contribution in [3.05, 3.63) is 32.1 Å². The number of nitrogens with zero attached hydrogens (tertiary/aromatic N) is 3. The molecular formula is C12H15N5O3S2. The summed E-state index contributed by atoms with van der Waals surface area (Å²) in [5.41, 5.74) is 0.0737. The van der Waals surface area contributed by atoms with Crippen LogP contribution < -0.4 is 16.6 Å². The third kappa shape index (κ3) is 3.63. The minimum absolute atomic E-state index is 0.121. The first-order valence-electron chi connectivity index (χ1n) is 6.38. The van der Waals surface area contributed by atoms with Gasteiger partial charge in [0, 0.05) is 24.7 Å². The largest absolute Gasteiger partial charge is 0.328 e. The highest BCUT2D eigenvalue weighted by Crippen LogP contribution is 2.23. The van der Waals surface area contributed by atoms with E-state index in [2.05, 4.69) is 20.5 Å². The fraction of sp³-hybridized carbons (Fsp3) is 0.417. The van der Waals surface area contributed by atoms with Gasteiger partial charge in [-0.05, 0) is 19.6 Å². The van der Waals surface area contributed by atoms with Gasteiger partial charge in [0.25, 0.3) is 5.56 Å². The molecule has 2 heterocycles. The number of rotatable bonds is 5. The van der Waals surface area contributed by atoms with Gasteiger partial charge < -0.3 is 10.3 Å². The second-order valence-corrected chi connectivity index (χ2v) is 6.55. The first kappa shape index (κ1) is 16.4. The molecule has 2 rings (SSSR count). The summed E-state index contributed by atoms with van der Waals surface area (Å²) >= 11 is 2.74. The predicted octanol–water partition coefficient (Wildman–Crippen LogP) is 0.527. The van der Waals surface area contributed by atoms with Crippen LogP contribution in [0.4, 0.5) is 5.13 Å². The number of carbonyl (C=O) groups excluding carboxylic acids is 1. The number of anilines is 1. The van der Waals surface area contributed by atoms with Crippen molar-refractivity contribution < 1.29 is 4.79 Å². The van der Waals surface area contributed by atoms with Gasteiger partial charge in [-0.2, -0.15) is 0 Å². The van der Waals surface area contributed by atoms with E-state index in [9.17, 15) is 14.4 Å². The highest BCUT2D eigenvalue weighted by Gasteiger charge is 2.12. The van der Waals surface area contributed by atoms with E-state index in [0.29, 0.717) is 16.4 Å². The Balaban J connectivity index is 2.04. The van der Waals surface area contributed by atoms with Gasteiger partial charge in [0.2, 0.25) is 11.0 Å². The van der Waals surface area contributed by atoms with E-state index >= 15 is 0 Å². The third-order valence-electron chi connectivity index (χ3n) is 3.04. The van der Waals surface area contributed by atoms with Gasteiger partial charge in [0.15, 0.2) is 4.34 Å². The van der Waals surface area contributed by atoms with E-state index in [1.165, 1.54) is 30.1 Å². The van der Waals surface area contributed by atoms with E-state index in [4.69, 9.17) is 0 Å². The molecule has 0 fully saturated rings. The number of hydrogen-bond acceptors (Lipinski definition) is 7. The number of aromatic amines is 1. The second kappa shape index (κ2) is 6.88. The Morgan fingerprint density at radius 1 is 1.41 bits per heavy atom. The molecule has 0 atom stereocenters. The maximum atomic E-state index is 12.0. The minimum atomic E-state index is -0.464.